The number of hydrogen-bond acceptors (Lipinski definition) is 7. The zero-order valence-electron chi connectivity index (χ0n) is 14.5. The zero-order valence-corrected chi connectivity index (χ0v) is 14.5. The second-order valence-corrected chi connectivity index (χ2v) is 6.38. The normalized spacial score (nSPS) is 18.1. The van der Waals surface area contributed by atoms with Crippen molar-refractivity contribution < 1.29 is 4.52 Å². The Bertz CT molecular complexity index is 842. The minimum absolute atomic E-state index is 0.407. The Labute approximate surface area is 145 Å². The van der Waals surface area contributed by atoms with Crippen LogP contribution in [0.5, 0.6) is 0 Å². The molecular formula is C17H21N7O. The summed E-state index contributed by atoms with van der Waals surface area (Å²) in [5, 5.41) is 8.53. The fourth-order valence-electron chi connectivity index (χ4n) is 3.34. The van der Waals surface area contributed by atoms with Crippen LogP contribution in [0.3, 0.4) is 0 Å². The second-order valence-electron chi connectivity index (χ2n) is 6.38. The van der Waals surface area contributed by atoms with Crippen molar-refractivity contribution >= 4 is 0 Å². The molecule has 130 valence electrons. The summed E-state index contributed by atoms with van der Waals surface area (Å²) in [4.78, 5) is 15.5. The smallest absolute Gasteiger partial charge is 0.241 e. The van der Waals surface area contributed by atoms with Gasteiger partial charge in [-0.25, -0.2) is 9.67 Å². The van der Waals surface area contributed by atoms with Gasteiger partial charge in [0.25, 0.3) is 0 Å². The van der Waals surface area contributed by atoms with Crippen molar-refractivity contribution in [2.45, 2.75) is 45.8 Å². The highest BCUT2D eigenvalue weighted by molar-refractivity contribution is 5.46. The van der Waals surface area contributed by atoms with E-state index in [1.165, 1.54) is 6.42 Å². The van der Waals surface area contributed by atoms with Gasteiger partial charge in [0.2, 0.25) is 11.7 Å². The van der Waals surface area contributed by atoms with Crippen LogP contribution < -0.4 is 0 Å². The van der Waals surface area contributed by atoms with E-state index in [2.05, 4.69) is 30.1 Å². The van der Waals surface area contributed by atoms with E-state index in [1.54, 1.807) is 6.20 Å². The summed E-state index contributed by atoms with van der Waals surface area (Å²) < 4.78 is 7.42. The van der Waals surface area contributed by atoms with E-state index >= 15 is 0 Å². The monoisotopic (exact) mass is 339 g/mol. The highest BCUT2D eigenvalue weighted by atomic mass is 16.5. The third-order valence-corrected chi connectivity index (χ3v) is 4.55. The summed E-state index contributed by atoms with van der Waals surface area (Å²) in [6, 6.07) is 6.07. The molecule has 0 spiro atoms. The van der Waals surface area contributed by atoms with Crippen LogP contribution in [0.25, 0.3) is 11.5 Å². The predicted octanol–water partition coefficient (Wildman–Crippen LogP) is 2.00. The first-order valence-electron chi connectivity index (χ1n) is 8.55. The van der Waals surface area contributed by atoms with Gasteiger partial charge in [0.1, 0.15) is 17.3 Å². The summed E-state index contributed by atoms with van der Waals surface area (Å²) in [6.07, 6.45) is 4.03. The number of pyridine rings is 1. The van der Waals surface area contributed by atoms with Crippen LogP contribution in [-0.2, 0) is 13.1 Å². The van der Waals surface area contributed by atoms with Crippen LogP contribution in [-0.4, -0.2) is 47.4 Å². The van der Waals surface area contributed by atoms with E-state index in [0.29, 0.717) is 24.3 Å². The van der Waals surface area contributed by atoms with Gasteiger partial charge in [0.05, 0.1) is 13.1 Å². The first-order chi connectivity index (χ1) is 12.2. The van der Waals surface area contributed by atoms with Gasteiger partial charge in [-0.05, 0) is 45.4 Å². The zero-order chi connectivity index (χ0) is 17.2. The van der Waals surface area contributed by atoms with E-state index in [1.807, 2.05) is 36.7 Å². The van der Waals surface area contributed by atoms with Crippen LogP contribution in [0.15, 0.2) is 28.9 Å². The molecule has 4 rings (SSSR count). The van der Waals surface area contributed by atoms with Gasteiger partial charge >= 0.3 is 0 Å². The van der Waals surface area contributed by atoms with Gasteiger partial charge in [-0.15, -0.1) is 0 Å². The molecule has 1 aliphatic heterocycles. The van der Waals surface area contributed by atoms with Crippen molar-refractivity contribution in [2.75, 3.05) is 6.54 Å². The maximum Gasteiger partial charge on any atom is 0.241 e. The Kier molecular flexibility index (Phi) is 4.27. The Balaban J connectivity index is 1.45. The Morgan fingerprint density at radius 1 is 1.24 bits per heavy atom. The molecule has 0 unspecified atom stereocenters. The number of likely N-dealkylation sites (tertiary alicyclic amines) is 1. The average molecular weight is 339 g/mol. The minimum atomic E-state index is 0.407. The van der Waals surface area contributed by atoms with Gasteiger partial charge < -0.3 is 4.52 Å². The molecule has 1 fully saturated rings. The lowest BCUT2D eigenvalue weighted by Crippen LogP contribution is -2.33. The summed E-state index contributed by atoms with van der Waals surface area (Å²) in [5.41, 5.74) is 0.726. The van der Waals surface area contributed by atoms with E-state index in [9.17, 15) is 0 Å². The number of hydrogen-bond donors (Lipinski definition) is 0. The quantitative estimate of drug-likeness (QED) is 0.703. The number of rotatable bonds is 5. The topological polar surface area (TPSA) is 85.8 Å². The van der Waals surface area contributed by atoms with Gasteiger partial charge in [-0.3, -0.25) is 9.88 Å². The molecule has 8 heteroatoms. The van der Waals surface area contributed by atoms with Crippen molar-refractivity contribution in [3.05, 3.63) is 41.9 Å². The molecule has 25 heavy (non-hydrogen) atoms. The Morgan fingerprint density at radius 2 is 2.16 bits per heavy atom. The van der Waals surface area contributed by atoms with Crippen molar-refractivity contribution in [3.63, 3.8) is 0 Å². The molecule has 8 nitrogen and oxygen atoms in total. The molecule has 1 saturated heterocycles. The van der Waals surface area contributed by atoms with Gasteiger partial charge in [-0.1, -0.05) is 11.2 Å². The van der Waals surface area contributed by atoms with Gasteiger partial charge in [0, 0.05) is 12.2 Å². The van der Waals surface area contributed by atoms with Crippen molar-refractivity contribution in [1.29, 1.82) is 0 Å². The molecule has 0 aromatic carbocycles. The number of nitrogens with zero attached hydrogens (tertiary/aromatic N) is 7. The molecule has 0 saturated carbocycles. The molecule has 0 N–H and O–H groups in total. The van der Waals surface area contributed by atoms with Crippen LogP contribution in [0.1, 0.15) is 30.4 Å². The molecule has 1 atom stereocenters. The predicted molar refractivity (Wildman–Crippen MR) is 90.5 cm³/mol. The van der Waals surface area contributed by atoms with Crippen molar-refractivity contribution in [2.24, 2.45) is 0 Å². The third-order valence-electron chi connectivity index (χ3n) is 4.55. The van der Waals surface area contributed by atoms with Crippen molar-refractivity contribution in [1.82, 2.24) is 34.8 Å². The molecule has 3 aromatic heterocycles. The number of aromatic nitrogens is 6. The molecule has 4 heterocycles. The molecule has 3 aromatic rings. The fourth-order valence-corrected chi connectivity index (χ4v) is 3.34. The SMILES string of the molecule is Cc1nc(C)n(C[C@H]2CCCN2Cc2nc(-c3ccccn3)no2)n1. The third kappa shape index (κ3) is 3.43. The first-order valence-corrected chi connectivity index (χ1v) is 8.55. The first kappa shape index (κ1) is 15.9. The Hall–Kier alpha value is -2.61. The summed E-state index contributed by atoms with van der Waals surface area (Å²) in [6.45, 7) is 6.44. The minimum Gasteiger partial charge on any atom is -0.337 e. The lowest BCUT2D eigenvalue weighted by atomic mass is 10.2. The molecular weight excluding hydrogens is 318 g/mol. The van der Waals surface area contributed by atoms with Crippen LogP contribution >= 0.6 is 0 Å². The lowest BCUT2D eigenvalue weighted by molar-refractivity contribution is 0.191. The molecule has 1 aliphatic rings. The van der Waals surface area contributed by atoms with E-state index < -0.39 is 0 Å². The van der Waals surface area contributed by atoms with E-state index in [4.69, 9.17) is 4.52 Å². The van der Waals surface area contributed by atoms with Crippen molar-refractivity contribution in [3.8, 4) is 11.5 Å². The summed E-state index contributed by atoms with van der Waals surface area (Å²) in [5.74, 6) is 2.94. The average Bonchev–Trinajstić information content (AvgIpc) is 3.32. The van der Waals surface area contributed by atoms with E-state index in [-0.39, 0.29) is 0 Å². The summed E-state index contributed by atoms with van der Waals surface area (Å²) >= 11 is 0. The molecule has 0 amide bonds. The Morgan fingerprint density at radius 3 is 2.92 bits per heavy atom. The lowest BCUT2D eigenvalue weighted by Gasteiger charge is -2.22. The fraction of sp³-hybridized carbons (Fsp3) is 0.471. The molecule has 0 radical (unpaired) electrons. The maximum absolute atomic E-state index is 5.43. The molecule has 0 bridgehead atoms. The second kappa shape index (κ2) is 6.72. The van der Waals surface area contributed by atoms with Crippen LogP contribution in [0, 0.1) is 13.8 Å². The van der Waals surface area contributed by atoms with Crippen LogP contribution in [0.2, 0.25) is 0 Å². The summed E-state index contributed by atoms with van der Waals surface area (Å²) in [7, 11) is 0. The largest absolute Gasteiger partial charge is 0.337 e. The highest BCUT2D eigenvalue weighted by Gasteiger charge is 2.27. The standard InChI is InChI=1S/C17H21N7O/c1-12-19-13(2)24(21-12)10-14-6-5-9-23(14)11-16-20-17(22-25-16)15-7-3-4-8-18-15/h3-4,7-8,14H,5-6,9-11H2,1-2H3/t14-/m1/s1. The molecule has 0 aliphatic carbocycles. The van der Waals surface area contributed by atoms with Gasteiger partial charge in [-0.2, -0.15) is 10.1 Å². The number of aryl methyl sites for hydroxylation is 2. The maximum atomic E-state index is 5.43. The highest BCUT2D eigenvalue weighted by Crippen LogP contribution is 2.22. The van der Waals surface area contributed by atoms with E-state index in [0.717, 1.165) is 36.9 Å². The van der Waals surface area contributed by atoms with Crippen LogP contribution in [0.4, 0.5) is 0 Å². The van der Waals surface area contributed by atoms with Gasteiger partial charge in [0.15, 0.2) is 0 Å².